The third-order valence-corrected chi connectivity index (χ3v) is 6.09. The van der Waals surface area contributed by atoms with Crippen LogP contribution in [0.15, 0.2) is 0 Å². The zero-order chi connectivity index (χ0) is 13.9. The molecule has 20 heavy (non-hydrogen) atoms. The highest BCUT2D eigenvalue weighted by Gasteiger charge is 2.53. The summed E-state index contributed by atoms with van der Waals surface area (Å²) >= 11 is 0. The molecule has 0 aliphatic heterocycles. The normalized spacial score (nSPS) is 38.9. The monoisotopic (exact) mass is 273 g/mol. The molecule has 3 N–H and O–H groups in total. The maximum atomic E-state index is 5.83. The number of nitrogens with one attached hydrogen (secondary N) is 1. The Morgan fingerprint density at radius 2 is 1.70 bits per heavy atom. The number of aromatic amines is 1. The molecule has 3 heteroatoms. The van der Waals surface area contributed by atoms with Gasteiger partial charge in [-0.2, -0.15) is 0 Å². The van der Waals surface area contributed by atoms with Gasteiger partial charge >= 0.3 is 0 Å². The molecule has 1 aromatic heterocycles. The van der Waals surface area contributed by atoms with Crippen molar-refractivity contribution in [3.8, 4) is 0 Å². The van der Waals surface area contributed by atoms with E-state index in [1.807, 2.05) is 0 Å². The number of imidazole rings is 1. The van der Waals surface area contributed by atoms with Crippen LogP contribution in [0.5, 0.6) is 0 Å². The van der Waals surface area contributed by atoms with E-state index in [4.69, 9.17) is 10.7 Å². The van der Waals surface area contributed by atoms with Crippen LogP contribution < -0.4 is 5.73 Å². The summed E-state index contributed by atoms with van der Waals surface area (Å²) in [6.07, 6.45) is 8.62. The summed E-state index contributed by atoms with van der Waals surface area (Å²) in [5.41, 5.74) is 8.98. The second-order valence-corrected chi connectivity index (χ2v) is 8.00. The van der Waals surface area contributed by atoms with E-state index < -0.39 is 0 Å². The Morgan fingerprint density at radius 3 is 2.15 bits per heavy atom. The predicted molar refractivity (Wildman–Crippen MR) is 80.4 cm³/mol. The number of H-pyrrole nitrogens is 1. The van der Waals surface area contributed by atoms with Gasteiger partial charge in [0.1, 0.15) is 5.82 Å². The fourth-order valence-electron chi connectivity index (χ4n) is 5.76. The van der Waals surface area contributed by atoms with Crippen molar-refractivity contribution in [1.29, 1.82) is 0 Å². The van der Waals surface area contributed by atoms with E-state index in [9.17, 15) is 0 Å². The van der Waals surface area contributed by atoms with Crippen molar-refractivity contribution < 1.29 is 0 Å². The molecule has 0 saturated heterocycles. The van der Waals surface area contributed by atoms with Crippen LogP contribution in [0.1, 0.15) is 75.5 Å². The zero-order valence-electron chi connectivity index (χ0n) is 12.8. The molecule has 0 unspecified atom stereocenters. The Labute approximate surface area is 121 Å². The molecule has 0 radical (unpaired) electrons. The lowest BCUT2D eigenvalue weighted by Crippen LogP contribution is -2.49. The van der Waals surface area contributed by atoms with Crippen LogP contribution in [-0.4, -0.2) is 9.97 Å². The topological polar surface area (TPSA) is 54.7 Å². The molecule has 110 valence electrons. The molecule has 5 rings (SSSR count). The van der Waals surface area contributed by atoms with Crippen molar-refractivity contribution in [2.24, 2.45) is 23.5 Å². The second-order valence-electron chi connectivity index (χ2n) is 8.00. The van der Waals surface area contributed by atoms with Crippen LogP contribution in [0.3, 0.4) is 0 Å². The first-order valence-corrected chi connectivity index (χ1v) is 8.39. The number of aromatic nitrogens is 2. The molecule has 4 fully saturated rings. The minimum atomic E-state index is 0.387. The van der Waals surface area contributed by atoms with Gasteiger partial charge in [0.15, 0.2) is 0 Å². The Balaban J connectivity index is 1.78. The molecule has 4 aliphatic carbocycles. The van der Waals surface area contributed by atoms with Crippen LogP contribution >= 0.6 is 0 Å². The predicted octanol–water partition coefficient (Wildman–Crippen LogP) is 3.46. The van der Waals surface area contributed by atoms with Crippen LogP contribution in [0.4, 0.5) is 0 Å². The van der Waals surface area contributed by atoms with E-state index in [1.54, 1.807) is 0 Å². The third-order valence-electron chi connectivity index (χ3n) is 6.09. The maximum Gasteiger partial charge on any atom is 0.120 e. The number of nitrogens with zero attached hydrogens (tertiary/aromatic N) is 1. The SMILES string of the molecule is CC(C)c1[nH]c(CN)nc1C12CC3CC(CC(C3)C1)C2. The Bertz CT molecular complexity index is 479. The average Bonchev–Trinajstić information content (AvgIpc) is 2.82. The van der Waals surface area contributed by atoms with Crippen molar-refractivity contribution in [2.45, 2.75) is 70.3 Å². The summed E-state index contributed by atoms with van der Waals surface area (Å²) in [6, 6.07) is 0. The highest BCUT2D eigenvalue weighted by atomic mass is 15.0. The quantitative estimate of drug-likeness (QED) is 0.886. The van der Waals surface area contributed by atoms with Crippen molar-refractivity contribution >= 4 is 0 Å². The van der Waals surface area contributed by atoms with Gasteiger partial charge in [0.25, 0.3) is 0 Å². The maximum absolute atomic E-state index is 5.83. The smallest absolute Gasteiger partial charge is 0.120 e. The van der Waals surface area contributed by atoms with Gasteiger partial charge in [0.2, 0.25) is 0 Å². The van der Waals surface area contributed by atoms with E-state index in [-0.39, 0.29) is 0 Å². The van der Waals surface area contributed by atoms with Crippen molar-refractivity contribution in [2.75, 3.05) is 0 Å². The summed E-state index contributed by atoms with van der Waals surface area (Å²) in [5.74, 6) is 4.42. The van der Waals surface area contributed by atoms with Gasteiger partial charge < -0.3 is 10.7 Å². The molecule has 3 nitrogen and oxygen atoms in total. The highest BCUT2D eigenvalue weighted by Crippen LogP contribution is 2.61. The van der Waals surface area contributed by atoms with E-state index >= 15 is 0 Å². The Hall–Kier alpha value is -0.830. The summed E-state index contributed by atoms with van der Waals surface area (Å²) in [4.78, 5) is 8.48. The van der Waals surface area contributed by atoms with Crippen LogP contribution in [0.2, 0.25) is 0 Å². The average molecular weight is 273 g/mol. The van der Waals surface area contributed by atoms with Gasteiger partial charge in [-0.1, -0.05) is 13.8 Å². The fraction of sp³-hybridized carbons (Fsp3) is 0.824. The molecule has 0 amide bonds. The van der Waals surface area contributed by atoms with Crippen molar-refractivity contribution in [3.05, 3.63) is 17.2 Å². The molecular weight excluding hydrogens is 246 g/mol. The minimum absolute atomic E-state index is 0.387. The molecule has 4 aliphatic rings. The lowest BCUT2D eigenvalue weighted by atomic mass is 9.48. The standard InChI is InChI=1S/C17H27N3/c1-10(2)15-16(20-14(9-18)19-15)17-6-11-3-12(7-17)5-13(4-11)8-17/h10-13H,3-9,18H2,1-2H3,(H,19,20). The van der Waals surface area contributed by atoms with E-state index in [2.05, 4.69) is 18.8 Å². The molecule has 0 aromatic carbocycles. The largest absolute Gasteiger partial charge is 0.344 e. The van der Waals surface area contributed by atoms with Crippen LogP contribution in [0.25, 0.3) is 0 Å². The van der Waals surface area contributed by atoms with Gasteiger partial charge in [-0.3, -0.25) is 0 Å². The summed E-state index contributed by atoms with van der Waals surface area (Å²) in [7, 11) is 0. The van der Waals surface area contributed by atoms with Gasteiger partial charge in [-0.25, -0.2) is 4.98 Å². The van der Waals surface area contributed by atoms with Crippen molar-refractivity contribution in [3.63, 3.8) is 0 Å². The summed E-state index contributed by atoms with van der Waals surface area (Å²) < 4.78 is 0. The Kier molecular flexibility index (Phi) is 2.79. The summed E-state index contributed by atoms with van der Waals surface area (Å²) in [5, 5.41) is 0. The van der Waals surface area contributed by atoms with Crippen molar-refractivity contribution in [1.82, 2.24) is 9.97 Å². The van der Waals surface area contributed by atoms with E-state index in [0.717, 1.165) is 23.6 Å². The van der Waals surface area contributed by atoms with Crippen LogP contribution in [0, 0.1) is 17.8 Å². The number of hydrogen-bond donors (Lipinski definition) is 2. The molecule has 0 spiro atoms. The molecule has 1 heterocycles. The first-order valence-electron chi connectivity index (χ1n) is 8.39. The van der Waals surface area contributed by atoms with E-state index in [1.165, 1.54) is 49.9 Å². The fourth-order valence-corrected chi connectivity index (χ4v) is 5.76. The molecule has 1 aromatic rings. The molecule has 4 saturated carbocycles. The first-order chi connectivity index (χ1) is 9.59. The highest BCUT2D eigenvalue weighted by molar-refractivity contribution is 5.30. The lowest BCUT2D eigenvalue weighted by Gasteiger charge is -2.56. The number of nitrogens with two attached hydrogens (primary N) is 1. The lowest BCUT2D eigenvalue weighted by molar-refractivity contribution is -0.00758. The number of rotatable bonds is 3. The third kappa shape index (κ3) is 1.78. The zero-order valence-corrected chi connectivity index (χ0v) is 12.8. The van der Waals surface area contributed by atoms with Crippen LogP contribution in [-0.2, 0) is 12.0 Å². The number of hydrogen-bond acceptors (Lipinski definition) is 2. The van der Waals surface area contributed by atoms with Gasteiger partial charge in [0.05, 0.1) is 12.2 Å². The van der Waals surface area contributed by atoms with Gasteiger partial charge in [0, 0.05) is 11.1 Å². The van der Waals surface area contributed by atoms with E-state index in [0.29, 0.717) is 17.9 Å². The molecular formula is C17H27N3. The first kappa shape index (κ1) is 12.9. The van der Waals surface area contributed by atoms with Gasteiger partial charge in [-0.15, -0.1) is 0 Å². The minimum Gasteiger partial charge on any atom is -0.344 e. The summed E-state index contributed by atoms with van der Waals surface area (Å²) in [6.45, 7) is 5.09. The second kappa shape index (κ2) is 4.33. The molecule has 4 bridgehead atoms. The molecule has 0 atom stereocenters. The Morgan fingerprint density at radius 1 is 1.15 bits per heavy atom. The van der Waals surface area contributed by atoms with Gasteiger partial charge in [-0.05, 0) is 62.2 Å².